The van der Waals surface area contributed by atoms with Crippen molar-refractivity contribution in [2.24, 2.45) is 0 Å². The van der Waals surface area contributed by atoms with Gasteiger partial charge >= 0.3 is 135 Å². The number of benzene rings is 4. The Morgan fingerprint density at radius 3 is 0.528 bits per heavy atom. The molecule has 0 unspecified atom stereocenters. The number of fused-ring (bicyclic) bond motifs is 8. The summed E-state index contributed by atoms with van der Waals surface area (Å²) in [6, 6.07) is 5.76. The number of phenols is 4. The van der Waals surface area contributed by atoms with Crippen LogP contribution >= 0.6 is 47.0 Å². The summed E-state index contributed by atoms with van der Waals surface area (Å²) in [6.45, 7) is 0. The first kappa shape index (κ1) is 54.6. The molecule has 1 aliphatic rings. The molecule has 0 saturated heterocycles. The van der Waals surface area contributed by atoms with E-state index in [4.69, 9.17) is 0 Å². The molecule has 29 heteroatoms. The standard InChI is InChI=1S/C24H16O16S8.Mn.4Na/c25-21-13-1-9(45(29,30)31)2-14(21)42-17-5-11(47(35,36)37)6-18(23(17)27)44-20-8-12(48(38,39)40)7-19(24(20)28)43-16-4-10(46(32,33)34)3-15(41-13)22(16)26;;;;;/h1-8,25-28H,(H,29,30,31)(H,32,33,34)(H,35,36,37)(H,38,39,40);;;;;/q;+3;4*+1. The van der Waals surface area contributed by atoms with Gasteiger partial charge < -0.3 is 20.4 Å². The Bertz CT molecular complexity index is 2080. The summed E-state index contributed by atoms with van der Waals surface area (Å²) in [4.78, 5) is -7.23. The first-order chi connectivity index (χ1) is 21.9. The van der Waals surface area contributed by atoms with Crippen LogP contribution in [0.25, 0.3) is 0 Å². The van der Waals surface area contributed by atoms with Gasteiger partial charge in [0.05, 0.1) is 58.7 Å². The van der Waals surface area contributed by atoms with E-state index in [1.54, 1.807) is 0 Å². The molecule has 53 heavy (non-hydrogen) atoms. The van der Waals surface area contributed by atoms with Crippen molar-refractivity contribution in [2.75, 3.05) is 0 Å². The third kappa shape index (κ3) is 12.8. The van der Waals surface area contributed by atoms with Gasteiger partial charge in [0.25, 0.3) is 40.5 Å². The van der Waals surface area contributed by atoms with Crippen LogP contribution in [0.2, 0.25) is 0 Å². The number of rotatable bonds is 4. The second-order valence-corrected chi connectivity index (χ2v) is 19.4. The van der Waals surface area contributed by atoms with E-state index in [2.05, 4.69) is 0 Å². The topological polar surface area (TPSA) is 298 Å². The van der Waals surface area contributed by atoms with Crippen LogP contribution in [0.5, 0.6) is 23.0 Å². The molecular formula is C24H16MnNa4O16S8+7. The van der Waals surface area contributed by atoms with E-state index in [1.165, 1.54) is 0 Å². The van der Waals surface area contributed by atoms with Crippen LogP contribution in [0.4, 0.5) is 0 Å². The first-order valence-corrected chi connectivity index (χ1v) is 21.1. The molecule has 260 valence electrons. The van der Waals surface area contributed by atoms with Crippen molar-refractivity contribution >= 4 is 87.5 Å². The largest absolute Gasteiger partial charge is 3.00 e. The van der Waals surface area contributed by atoms with Crippen molar-refractivity contribution in [3.8, 4) is 23.0 Å². The van der Waals surface area contributed by atoms with Gasteiger partial charge in [-0.3, -0.25) is 18.2 Å². The van der Waals surface area contributed by atoms with Crippen LogP contribution in [0.15, 0.2) is 107 Å². The molecule has 1 aliphatic heterocycles. The predicted molar refractivity (Wildman–Crippen MR) is 168 cm³/mol. The molecule has 0 spiro atoms. The summed E-state index contributed by atoms with van der Waals surface area (Å²) >= 11 is 1.24. The van der Waals surface area contributed by atoms with Crippen LogP contribution < -0.4 is 118 Å². The predicted octanol–water partition coefficient (Wildman–Crippen LogP) is -7.57. The van der Waals surface area contributed by atoms with E-state index in [0.29, 0.717) is 47.0 Å². The maximum Gasteiger partial charge on any atom is 3.00 e. The Labute approximate surface area is 418 Å². The minimum Gasteiger partial charge on any atom is -0.506 e. The second-order valence-electron chi connectivity index (χ2n) is 9.38. The molecule has 5 rings (SSSR count). The van der Waals surface area contributed by atoms with Gasteiger partial charge in [-0.1, -0.05) is 47.0 Å². The van der Waals surface area contributed by atoms with Gasteiger partial charge in [-0.15, -0.1) is 0 Å². The number of aromatic hydroxyl groups is 4. The van der Waals surface area contributed by atoms with E-state index in [9.17, 15) is 72.3 Å². The van der Waals surface area contributed by atoms with Crippen LogP contribution in [0.1, 0.15) is 0 Å². The molecule has 0 aliphatic carbocycles. The molecule has 0 radical (unpaired) electrons. The molecule has 8 N–H and O–H groups in total. The van der Waals surface area contributed by atoms with Gasteiger partial charge in [0, 0.05) is 0 Å². The van der Waals surface area contributed by atoms with Crippen molar-refractivity contribution in [3.63, 3.8) is 0 Å². The molecule has 0 atom stereocenters. The van der Waals surface area contributed by atoms with Crippen molar-refractivity contribution < 1.29 is 208 Å². The van der Waals surface area contributed by atoms with E-state index in [0.717, 1.165) is 48.5 Å². The molecule has 4 aromatic carbocycles. The van der Waals surface area contributed by atoms with E-state index < -0.39 is 122 Å². The molecule has 16 nitrogen and oxygen atoms in total. The zero-order valence-corrected chi connectivity index (χ0v) is 42.8. The average molecular weight is 964 g/mol. The fourth-order valence-electron chi connectivity index (χ4n) is 3.92. The third-order valence-electron chi connectivity index (χ3n) is 6.13. The summed E-state index contributed by atoms with van der Waals surface area (Å²) < 4.78 is 137. The monoisotopic (exact) mass is 963 g/mol. The van der Waals surface area contributed by atoms with E-state index in [1.807, 2.05) is 0 Å². The quantitative estimate of drug-likeness (QED) is 0.0613. The second kappa shape index (κ2) is 20.3. The van der Waals surface area contributed by atoms with Crippen LogP contribution in [0, 0.1) is 0 Å². The van der Waals surface area contributed by atoms with Gasteiger partial charge in [-0.25, -0.2) is 0 Å². The summed E-state index contributed by atoms with van der Waals surface area (Å²) in [5.41, 5.74) is 0. The Hall–Kier alpha value is 1.64. The smallest absolute Gasteiger partial charge is 0.506 e. The van der Waals surface area contributed by atoms with Crippen LogP contribution in [-0.4, -0.2) is 72.3 Å². The Morgan fingerprint density at radius 2 is 0.434 bits per heavy atom. The zero-order valence-electron chi connectivity index (χ0n) is 27.1. The summed E-state index contributed by atoms with van der Waals surface area (Å²) in [6.07, 6.45) is 0. The first-order valence-electron chi connectivity index (χ1n) is 12.0. The molecule has 0 saturated carbocycles. The minimum absolute atomic E-state index is 0. The summed E-state index contributed by atoms with van der Waals surface area (Å²) in [7, 11) is -20.2. The van der Waals surface area contributed by atoms with Gasteiger partial charge in [0.15, 0.2) is 0 Å². The fraction of sp³-hybridized carbons (Fsp3) is 0. The molecular weight excluding hydrogens is 948 g/mol. The average Bonchev–Trinajstić information content (AvgIpc) is 2.93. The molecule has 1 heterocycles. The summed E-state index contributed by atoms with van der Waals surface area (Å²) in [5.74, 6) is -3.16. The fourth-order valence-corrected chi connectivity index (χ4v) is 11.0. The minimum atomic E-state index is -5.05. The SMILES string of the molecule is O=S(=O)(O)c1cc2c(O)c(c1)Sc1cc(S(=O)(=O)O)cc(c1O)Sc1cc(S(=O)(=O)O)cc(c1O)Sc1cc(S(=O)(=O)O)cc(c1O)S2.[Mn+3].[Na+].[Na+].[Na+].[Na+]. The van der Waals surface area contributed by atoms with Crippen molar-refractivity contribution in [1.29, 1.82) is 0 Å². The van der Waals surface area contributed by atoms with Gasteiger partial charge in [0.2, 0.25) is 0 Å². The molecule has 8 bridgehead atoms. The molecule has 4 aromatic rings. The molecule has 0 aromatic heterocycles. The Kier molecular flexibility index (Phi) is 20.9. The van der Waals surface area contributed by atoms with Gasteiger partial charge in [-0.05, 0) is 48.5 Å². The Balaban J connectivity index is 0.00000541. The molecule has 0 amide bonds. The number of phenolic OH excluding ortho intramolecular Hbond substituents is 4. The van der Waals surface area contributed by atoms with Crippen molar-refractivity contribution in [2.45, 2.75) is 58.7 Å². The zero-order chi connectivity index (χ0) is 35.7. The van der Waals surface area contributed by atoms with E-state index in [-0.39, 0.29) is 135 Å². The van der Waals surface area contributed by atoms with Crippen molar-refractivity contribution in [3.05, 3.63) is 48.5 Å². The van der Waals surface area contributed by atoms with Gasteiger partial charge in [0.1, 0.15) is 23.0 Å². The number of hydrogen-bond donors (Lipinski definition) is 8. The van der Waals surface area contributed by atoms with Crippen LogP contribution in [0.3, 0.4) is 0 Å². The molecule has 0 fully saturated rings. The Morgan fingerprint density at radius 1 is 0.321 bits per heavy atom. The van der Waals surface area contributed by atoms with Crippen LogP contribution in [-0.2, 0) is 57.5 Å². The van der Waals surface area contributed by atoms with E-state index >= 15 is 0 Å². The number of hydrogen-bond acceptors (Lipinski definition) is 16. The third-order valence-corrected chi connectivity index (χ3v) is 13.7. The normalized spacial score (nSPS) is 12.8. The summed E-state index contributed by atoms with van der Waals surface area (Å²) in [5, 5.41) is 44.6. The van der Waals surface area contributed by atoms with Crippen molar-refractivity contribution in [1.82, 2.24) is 0 Å². The maximum atomic E-state index is 12.2. The maximum absolute atomic E-state index is 12.2. The van der Waals surface area contributed by atoms with Gasteiger partial charge in [-0.2, -0.15) is 33.7 Å².